The highest BCUT2D eigenvalue weighted by Gasteiger charge is 2.28. The van der Waals surface area contributed by atoms with Crippen molar-refractivity contribution in [2.45, 2.75) is 39.1 Å². The van der Waals surface area contributed by atoms with Gasteiger partial charge in [0.25, 0.3) is 0 Å². The second kappa shape index (κ2) is 9.45. The molecule has 0 aromatic heterocycles. The van der Waals surface area contributed by atoms with Crippen LogP contribution in [0.25, 0.3) is 0 Å². The highest BCUT2D eigenvalue weighted by atomic mass is 32.2. The smallest absolute Gasteiger partial charge is 0.244 e. The molecule has 0 heterocycles. The molecule has 0 fully saturated rings. The lowest BCUT2D eigenvalue weighted by atomic mass is 10.1. The summed E-state index contributed by atoms with van der Waals surface area (Å²) in [5.41, 5.74) is 5.15. The molecule has 0 aliphatic heterocycles. The van der Waals surface area contributed by atoms with Gasteiger partial charge in [-0.15, -0.1) is 0 Å². The average Bonchev–Trinajstić information content (AvgIpc) is 2.72. The number of rotatable bonds is 7. The Bertz CT molecular complexity index is 1190. The Morgan fingerprint density at radius 3 is 2.19 bits per heavy atom. The second-order valence-corrected chi connectivity index (χ2v) is 9.78. The van der Waals surface area contributed by atoms with Gasteiger partial charge in [0.05, 0.1) is 11.4 Å². The summed E-state index contributed by atoms with van der Waals surface area (Å²) >= 11 is 0. The van der Waals surface area contributed by atoms with Crippen LogP contribution in [0.2, 0.25) is 0 Å². The third kappa shape index (κ3) is 5.60. The van der Waals surface area contributed by atoms with Gasteiger partial charge in [-0.05, 0) is 73.7 Å². The first-order valence-electron chi connectivity index (χ1n) is 10.2. The minimum Gasteiger partial charge on any atom is -0.325 e. The van der Waals surface area contributed by atoms with Crippen LogP contribution in [-0.4, -0.2) is 25.2 Å². The topological polar surface area (TPSA) is 66.5 Å². The fourth-order valence-corrected chi connectivity index (χ4v) is 5.01. The Balaban J connectivity index is 1.91. The van der Waals surface area contributed by atoms with E-state index in [0.717, 1.165) is 22.3 Å². The maximum absolute atomic E-state index is 13.5. The SMILES string of the molecule is Cc1ccc(C)c(S(=O)(=O)N(CC(=O)Nc2ccc(C)c(C)c2)Cc2ccccc2)c1. The van der Waals surface area contributed by atoms with Crippen molar-refractivity contribution in [3.63, 3.8) is 0 Å². The lowest BCUT2D eigenvalue weighted by molar-refractivity contribution is -0.116. The predicted molar refractivity (Wildman–Crippen MR) is 124 cm³/mol. The van der Waals surface area contributed by atoms with E-state index in [0.29, 0.717) is 11.3 Å². The van der Waals surface area contributed by atoms with E-state index >= 15 is 0 Å². The maximum atomic E-state index is 13.5. The molecule has 0 atom stereocenters. The number of aryl methyl sites for hydroxylation is 4. The van der Waals surface area contributed by atoms with Crippen LogP contribution >= 0.6 is 0 Å². The van der Waals surface area contributed by atoms with E-state index in [1.54, 1.807) is 19.1 Å². The van der Waals surface area contributed by atoms with Gasteiger partial charge in [-0.3, -0.25) is 4.79 Å². The zero-order valence-electron chi connectivity index (χ0n) is 18.3. The molecule has 0 bridgehead atoms. The zero-order valence-corrected chi connectivity index (χ0v) is 19.2. The molecule has 0 aliphatic rings. The normalized spacial score (nSPS) is 11.5. The number of hydrogen-bond donors (Lipinski definition) is 1. The molecule has 5 nitrogen and oxygen atoms in total. The molecule has 31 heavy (non-hydrogen) atoms. The molecule has 0 saturated heterocycles. The summed E-state index contributed by atoms with van der Waals surface area (Å²) in [4.78, 5) is 13.0. The average molecular weight is 437 g/mol. The van der Waals surface area contributed by atoms with Crippen molar-refractivity contribution in [2.24, 2.45) is 0 Å². The van der Waals surface area contributed by atoms with Gasteiger partial charge in [-0.1, -0.05) is 48.5 Å². The minimum absolute atomic E-state index is 0.108. The van der Waals surface area contributed by atoms with Crippen LogP contribution < -0.4 is 5.32 Å². The number of carbonyl (C=O) groups excluding carboxylic acids is 1. The maximum Gasteiger partial charge on any atom is 0.244 e. The van der Waals surface area contributed by atoms with Gasteiger partial charge >= 0.3 is 0 Å². The highest BCUT2D eigenvalue weighted by molar-refractivity contribution is 7.89. The molecular formula is C25H28N2O3S. The summed E-state index contributed by atoms with van der Waals surface area (Å²) in [6.07, 6.45) is 0. The van der Waals surface area contributed by atoms with E-state index in [4.69, 9.17) is 0 Å². The molecule has 3 rings (SSSR count). The van der Waals surface area contributed by atoms with Gasteiger partial charge < -0.3 is 5.32 Å². The molecular weight excluding hydrogens is 408 g/mol. The Hall–Kier alpha value is -2.96. The number of sulfonamides is 1. The quantitative estimate of drug-likeness (QED) is 0.581. The van der Waals surface area contributed by atoms with Gasteiger partial charge in [0, 0.05) is 12.2 Å². The van der Waals surface area contributed by atoms with E-state index in [9.17, 15) is 13.2 Å². The molecule has 162 valence electrons. The van der Waals surface area contributed by atoms with Gasteiger partial charge in [0.2, 0.25) is 15.9 Å². The van der Waals surface area contributed by atoms with E-state index in [1.807, 2.05) is 75.4 Å². The van der Waals surface area contributed by atoms with Crippen LogP contribution in [0.4, 0.5) is 5.69 Å². The van der Waals surface area contributed by atoms with Gasteiger partial charge in [0.1, 0.15) is 0 Å². The molecule has 0 unspecified atom stereocenters. The standard InChI is InChI=1S/C25H28N2O3S/c1-18-10-11-20(3)24(14-18)31(29,30)27(16-22-8-6-5-7-9-22)17-25(28)26-23-13-12-19(2)21(4)15-23/h5-15H,16-17H2,1-4H3,(H,26,28). The summed E-state index contributed by atoms with van der Waals surface area (Å²) in [6.45, 7) is 7.42. The van der Waals surface area contributed by atoms with Gasteiger partial charge in [-0.2, -0.15) is 4.31 Å². The Morgan fingerprint density at radius 2 is 1.52 bits per heavy atom. The van der Waals surface area contributed by atoms with Crippen molar-refractivity contribution in [3.8, 4) is 0 Å². The first-order valence-corrected chi connectivity index (χ1v) is 11.6. The number of amides is 1. The Kier molecular flexibility index (Phi) is 6.93. The van der Waals surface area contributed by atoms with E-state index in [2.05, 4.69) is 5.32 Å². The van der Waals surface area contributed by atoms with Crippen molar-refractivity contribution < 1.29 is 13.2 Å². The molecule has 0 saturated carbocycles. The molecule has 0 aliphatic carbocycles. The zero-order chi connectivity index (χ0) is 22.6. The van der Waals surface area contributed by atoms with Crippen molar-refractivity contribution in [1.29, 1.82) is 0 Å². The Morgan fingerprint density at radius 1 is 0.839 bits per heavy atom. The van der Waals surface area contributed by atoms with E-state index < -0.39 is 10.0 Å². The first kappa shape index (κ1) is 22.7. The summed E-state index contributed by atoms with van der Waals surface area (Å²) in [7, 11) is -3.88. The number of hydrogen-bond acceptors (Lipinski definition) is 3. The molecule has 3 aromatic rings. The van der Waals surface area contributed by atoms with Crippen molar-refractivity contribution >= 4 is 21.6 Å². The monoisotopic (exact) mass is 436 g/mol. The summed E-state index contributed by atoms with van der Waals surface area (Å²) < 4.78 is 28.3. The van der Waals surface area contributed by atoms with Crippen LogP contribution in [0.15, 0.2) is 71.6 Å². The number of carbonyl (C=O) groups is 1. The molecule has 0 radical (unpaired) electrons. The highest BCUT2D eigenvalue weighted by Crippen LogP contribution is 2.23. The van der Waals surface area contributed by atoms with Gasteiger partial charge in [-0.25, -0.2) is 8.42 Å². The molecule has 1 N–H and O–H groups in total. The van der Waals surface area contributed by atoms with E-state index in [-0.39, 0.29) is 23.9 Å². The number of benzene rings is 3. The van der Waals surface area contributed by atoms with E-state index in [1.165, 1.54) is 4.31 Å². The van der Waals surface area contributed by atoms with Crippen molar-refractivity contribution in [2.75, 3.05) is 11.9 Å². The summed E-state index contributed by atoms with van der Waals surface area (Å²) in [5.74, 6) is -0.381. The fraction of sp³-hybridized carbons (Fsp3) is 0.240. The summed E-state index contributed by atoms with van der Waals surface area (Å²) in [5, 5.41) is 2.83. The molecule has 1 amide bonds. The first-order chi connectivity index (χ1) is 14.7. The largest absolute Gasteiger partial charge is 0.325 e. The molecule has 0 spiro atoms. The third-order valence-electron chi connectivity index (χ3n) is 5.27. The van der Waals surface area contributed by atoms with Crippen molar-refractivity contribution in [1.82, 2.24) is 4.31 Å². The number of nitrogens with one attached hydrogen (secondary N) is 1. The number of anilines is 1. The van der Waals surface area contributed by atoms with Crippen molar-refractivity contribution in [3.05, 3.63) is 94.5 Å². The minimum atomic E-state index is -3.88. The fourth-order valence-electron chi connectivity index (χ4n) is 3.32. The third-order valence-corrected chi connectivity index (χ3v) is 7.21. The van der Waals surface area contributed by atoms with Crippen LogP contribution in [-0.2, 0) is 21.4 Å². The van der Waals surface area contributed by atoms with Crippen LogP contribution in [0.5, 0.6) is 0 Å². The summed E-state index contributed by atoms with van der Waals surface area (Å²) in [6, 6.07) is 20.2. The predicted octanol–water partition coefficient (Wildman–Crippen LogP) is 4.75. The lowest BCUT2D eigenvalue weighted by Gasteiger charge is -2.23. The van der Waals surface area contributed by atoms with Crippen LogP contribution in [0.3, 0.4) is 0 Å². The van der Waals surface area contributed by atoms with Crippen LogP contribution in [0.1, 0.15) is 27.8 Å². The van der Waals surface area contributed by atoms with Gasteiger partial charge in [0.15, 0.2) is 0 Å². The molecule has 6 heteroatoms. The number of nitrogens with zero attached hydrogens (tertiary/aromatic N) is 1. The lowest BCUT2D eigenvalue weighted by Crippen LogP contribution is -2.38. The Labute approximate surface area is 184 Å². The molecule has 3 aromatic carbocycles. The second-order valence-electron chi connectivity index (χ2n) is 7.87. The van der Waals surface area contributed by atoms with Crippen LogP contribution in [0, 0.1) is 27.7 Å².